The van der Waals surface area contributed by atoms with Gasteiger partial charge in [0, 0.05) is 6.07 Å². The monoisotopic (exact) mass is 246 g/mol. The minimum atomic E-state index is 0.508. The van der Waals surface area contributed by atoms with Crippen LogP contribution in [0.1, 0.15) is 6.92 Å². The first kappa shape index (κ1) is 10.3. The molecule has 3 heterocycles. The third-order valence-corrected chi connectivity index (χ3v) is 3.17. The number of rotatable bonds is 3. The summed E-state index contributed by atoms with van der Waals surface area (Å²) in [4.78, 5) is 9.91. The molecule has 0 aliphatic heterocycles. The molecule has 0 bridgehead atoms. The molecular weight excluding hydrogens is 236 g/mol. The van der Waals surface area contributed by atoms with Crippen LogP contribution < -0.4 is 4.74 Å². The van der Waals surface area contributed by atoms with Gasteiger partial charge in [-0.2, -0.15) is 4.98 Å². The third-order valence-electron chi connectivity index (χ3n) is 2.30. The SMILES string of the molecule is CCOc1nc2occc2nc1-c1cccs1. The normalized spacial score (nSPS) is 10.9. The van der Waals surface area contributed by atoms with Crippen LogP contribution in [-0.4, -0.2) is 16.6 Å². The Balaban J connectivity index is 2.22. The second kappa shape index (κ2) is 4.18. The van der Waals surface area contributed by atoms with E-state index in [-0.39, 0.29) is 0 Å². The zero-order valence-corrected chi connectivity index (χ0v) is 10.0. The summed E-state index contributed by atoms with van der Waals surface area (Å²) in [6.45, 7) is 2.48. The average Bonchev–Trinajstić information content (AvgIpc) is 2.98. The zero-order chi connectivity index (χ0) is 11.7. The zero-order valence-electron chi connectivity index (χ0n) is 9.21. The minimum Gasteiger partial charge on any atom is -0.476 e. The summed E-state index contributed by atoms with van der Waals surface area (Å²) in [5, 5.41) is 2.01. The Hall–Kier alpha value is -1.88. The first-order chi connectivity index (χ1) is 8.38. The van der Waals surface area contributed by atoms with Gasteiger partial charge < -0.3 is 9.15 Å². The van der Waals surface area contributed by atoms with E-state index in [4.69, 9.17) is 9.15 Å². The highest BCUT2D eigenvalue weighted by molar-refractivity contribution is 7.13. The van der Waals surface area contributed by atoms with Gasteiger partial charge in [0.2, 0.25) is 11.6 Å². The van der Waals surface area contributed by atoms with E-state index in [1.807, 2.05) is 24.4 Å². The van der Waals surface area contributed by atoms with Crippen molar-refractivity contribution in [2.45, 2.75) is 6.92 Å². The summed E-state index contributed by atoms with van der Waals surface area (Å²) in [6, 6.07) is 5.79. The second-order valence-corrected chi connectivity index (χ2v) is 4.35. The fourth-order valence-corrected chi connectivity index (χ4v) is 2.29. The van der Waals surface area contributed by atoms with Gasteiger partial charge in [-0.3, -0.25) is 0 Å². The van der Waals surface area contributed by atoms with Gasteiger partial charge in [-0.1, -0.05) is 6.07 Å². The lowest BCUT2D eigenvalue weighted by atomic mass is 10.3. The number of hydrogen-bond donors (Lipinski definition) is 0. The van der Waals surface area contributed by atoms with E-state index in [9.17, 15) is 0 Å². The molecule has 0 amide bonds. The molecule has 0 atom stereocenters. The molecule has 0 fully saturated rings. The van der Waals surface area contributed by atoms with Gasteiger partial charge in [-0.05, 0) is 18.4 Å². The predicted molar refractivity (Wildman–Crippen MR) is 66.3 cm³/mol. The van der Waals surface area contributed by atoms with Crippen molar-refractivity contribution in [3.63, 3.8) is 0 Å². The molecule has 0 saturated carbocycles. The smallest absolute Gasteiger partial charge is 0.248 e. The number of furan rings is 1. The Morgan fingerprint density at radius 3 is 3.06 bits per heavy atom. The molecule has 3 aromatic heterocycles. The van der Waals surface area contributed by atoms with Gasteiger partial charge >= 0.3 is 0 Å². The Morgan fingerprint density at radius 1 is 1.35 bits per heavy atom. The molecule has 0 aliphatic rings. The first-order valence-corrected chi connectivity index (χ1v) is 6.18. The van der Waals surface area contributed by atoms with Crippen LogP contribution in [0.3, 0.4) is 0 Å². The lowest BCUT2D eigenvalue weighted by Gasteiger charge is -2.06. The molecule has 0 aromatic carbocycles. The molecule has 3 rings (SSSR count). The van der Waals surface area contributed by atoms with Crippen LogP contribution >= 0.6 is 11.3 Å². The topological polar surface area (TPSA) is 48.2 Å². The van der Waals surface area contributed by atoms with E-state index < -0.39 is 0 Å². The summed E-state index contributed by atoms with van der Waals surface area (Å²) in [6.07, 6.45) is 1.58. The number of nitrogens with zero attached hydrogens (tertiary/aromatic N) is 2. The van der Waals surface area contributed by atoms with E-state index in [2.05, 4.69) is 9.97 Å². The summed E-state index contributed by atoms with van der Waals surface area (Å²) >= 11 is 1.61. The van der Waals surface area contributed by atoms with Crippen LogP contribution in [0.2, 0.25) is 0 Å². The van der Waals surface area contributed by atoms with Crippen molar-refractivity contribution in [2.75, 3.05) is 6.61 Å². The van der Waals surface area contributed by atoms with Crippen LogP contribution in [0, 0.1) is 0 Å². The maximum atomic E-state index is 5.51. The Bertz CT molecular complexity index is 631. The number of fused-ring (bicyclic) bond motifs is 1. The van der Waals surface area contributed by atoms with Crippen molar-refractivity contribution in [1.29, 1.82) is 0 Å². The third kappa shape index (κ3) is 1.78. The molecule has 86 valence electrons. The fourth-order valence-electron chi connectivity index (χ4n) is 1.59. The highest BCUT2D eigenvalue weighted by atomic mass is 32.1. The summed E-state index contributed by atoms with van der Waals surface area (Å²) in [5.41, 5.74) is 2.03. The summed E-state index contributed by atoms with van der Waals surface area (Å²) in [5.74, 6) is 0.525. The second-order valence-electron chi connectivity index (χ2n) is 3.40. The van der Waals surface area contributed by atoms with Crippen LogP contribution in [-0.2, 0) is 0 Å². The molecule has 3 aromatic rings. The van der Waals surface area contributed by atoms with E-state index in [0.717, 1.165) is 16.1 Å². The van der Waals surface area contributed by atoms with Crippen molar-refractivity contribution in [1.82, 2.24) is 9.97 Å². The molecule has 0 N–H and O–H groups in total. The fraction of sp³-hybridized carbons (Fsp3) is 0.167. The van der Waals surface area contributed by atoms with E-state index in [1.54, 1.807) is 23.7 Å². The Labute approximate surface area is 102 Å². The number of ether oxygens (including phenoxy) is 1. The van der Waals surface area contributed by atoms with E-state index in [1.165, 1.54) is 0 Å². The van der Waals surface area contributed by atoms with Gasteiger partial charge in [-0.25, -0.2) is 4.98 Å². The highest BCUT2D eigenvalue weighted by Crippen LogP contribution is 2.31. The lowest BCUT2D eigenvalue weighted by molar-refractivity contribution is 0.327. The highest BCUT2D eigenvalue weighted by Gasteiger charge is 2.14. The molecular formula is C12H10N2O2S. The molecule has 4 nitrogen and oxygen atoms in total. The summed E-state index contributed by atoms with van der Waals surface area (Å²) in [7, 11) is 0. The maximum absolute atomic E-state index is 5.51. The van der Waals surface area contributed by atoms with Crippen molar-refractivity contribution >= 4 is 22.6 Å². The Morgan fingerprint density at radius 2 is 2.29 bits per heavy atom. The molecule has 0 saturated heterocycles. The molecule has 0 spiro atoms. The molecule has 0 aliphatic carbocycles. The first-order valence-electron chi connectivity index (χ1n) is 5.30. The van der Waals surface area contributed by atoms with Gasteiger partial charge in [-0.15, -0.1) is 11.3 Å². The van der Waals surface area contributed by atoms with Crippen LogP contribution in [0.5, 0.6) is 5.88 Å². The van der Waals surface area contributed by atoms with Crippen LogP contribution in [0.4, 0.5) is 0 Å². The van der Waals surface area contributed by atoms with Crippen molar-refractivity contribution in [2.24, 2.45) is 0 Å². The van der Waals surface area contributed by atoms with Gasteiger partial charge in [0.05, 0.1) is 17.7 Å². The van der Waals surface area contributed by atoms with Gasteiger partial charge in [0.15, 0.2) is 0 Å². The summed E-state index contributed by atoms with van der Waals surface area (Å²) < 4.78 is 10.7. The van der Waals surface area contributed by atoms with E-state index >= 15 is 0 Å². The van der Waals surface area contributed by atoms with Crippen molar-refractivity contribution < 1.29 is 9.15 Å². The standard InChI is InChI=1S/C12H10N2O2S/c1-2-15-12-10(9-4-3-7-17-9)13-8-5-6-16-11(8)14-12/h3-7H,2H2,1H3. The number of aromatic nitrogens is 2. The van der Waals surface area contributed by atoms with Crippen molar-refractivity contribution in [3.05, 3.63) is 29.8 Å². The minimum absolute atomic E-state index is 0.508. The molecule has 0 radical (unpaired) electrons. The van der Waals surface area contributed by atoms with Crippen LogP contribution in [0.25, 0.3) is 21.8 Å². The van der Waals surface area contributed by atoms with E-state index in [0.29, 0.717) is 18.2 Å². The van der Waals surface area contributed by atoms with Crippen LogP contribution in [0.15, 0.2) is 34.3 Å². The average molecular weight is 246 g/mol. The van der Waals surface area contributed by atoms with Crippen molar-refractivity contribution in [3.8, 4) is 16.5 Å². The molecule has 17 heavy (non-hydrogen) atoms. The van der Waals surface area contributed by atoms with Gasteiger partial charge in [0.25, 0.3) is 0 Å². The number of thiophene rings is 1. The lowest BCUT2D eigenvalue weighted by Crippen LogP contribution is -1.98. The maximum Gasteiger partial charge on any atom is 0.248 e. The predicted octanol–water partition coefficient (Wildman–Crippen LogP) is 3.35. The number of hydrogen-bond acceptors (Lipinski definition) is 5. The largest absolute Gasteiger partial charge is 0.476 e. The molecule has 0 unspecified atom stereocenters. The Kier molecular flexibility index (Phi) is 2.53. The molecule has 5 heteroatoms. The van der Waals surface area contributed by atoms with Gasteiger partial charge in [0.1, 0.15) is 11.2 Å². The quantitative estimate of drug-likeness (QED) is 0.711.